The number of methoxy groups -OCH3 is 1. The van der Waals surface area contributed by atoms with Gasteiger partial charge in [0.25, 0.3) is 0 Å². The molecule has 3 heterocycles. The van der Waals surface area contributed by atoms with Gasteiger partial charge >= 0.3 is 0 Å². The number of hydrogen-bond donors (Lipinski definition) is 1. The molecular weight excluding hydrogens is 438 g/mol. The molecule has 0 spiro atoms. The Hall–Kier alpha value is -3.29. The zero-order valence-electron chi connectivity index (χ0n) is 17.3. The van der Waals surface area contributed by atoms with Crippen LogP contribution in [0.4, 0.5) is 5.69 Å². The topological polar surface area (TPSA) is 50.5 Å². The van der Waals surface area contributed by atoms with Gasteiger partial charge in [0, 0.05) is 22.8 Å². The Kier molecular flexibility index (Phi) is 5.83. The van der Waals surface area contributed by atoms with Gasteiger partial charge in [0.15, 0.2) is 10.2 Å². The first-order valence-electron chi connectivity index (χ1n) is 10.2. The Balaban J connectivity index is 1.54. The molecule has 0 amide bonds. The van der Waals surface area contributed by atoms with Crippen molar-refractivity contribution < 1.29 is 9.15 Å². The molecule has 0 unspecified atom stereocenters. The van der Waals surface area contributed by atoms with E-state index in [0.29, 0.717) is 5.11 Å². The highest BCUT2D eigenvalue weighted by atomic mass is 32.2. The van der Waals surface area contributed by atoms with E-state index in [-0.39, 0.29) is 12.1 Å². The highest BCUT2D eigenvalue weighted by molar-refractivity contribution is 7.99. The molecule has 1 fully saturated rings. The highest BCUT2D eigenvalue weighted by Crippen LogP contribution is 2.43. The fourth-order valence-electron chi connectivity index (χ4n) is 3.84. The van der Waals surface area contributed by atoms with Crippen LogP contribution in [0.5, 0.6) is 5.75 Å². The lowest BCUT2D eigenvalue weighted by Gasteiger charge is -2.26. The zero-order valence-corrected chi connectivity index (χ0v) is 19.0. The van der Waals surface area contributed by atoms with Gasteiger partial charge in [-0.05, 0) is 60.7 Å². The number of furan rings is 1. The summed E-state index contributed by atoms with van der Waals surface area (Å²) in [5, 5.41) is 4.90. The molecule has 2 atom stereocenters. The molecule has 0 aliphatic carbocycles. The summed E-state index contributed by atoms with van der Waals surface area (Å²) in [5.74, 6) is 1.58. The lowest BCUT2D eigenvalue weighted by molar-refractivity contribution is 0.383. The minimum Gasteiger partial charge on any atom is -0.497 e. The molecular formula is C25H21N3O2S2. The normalized spacial score (nSPS) is 17.9. The Morgan fingerprint density at radius 3 is 2.62 bits per heavy atom. The summed E-state index contributed by atoms with van der Waals surface area (Å²) in [4.78, 5) is 7.79. The first-order chi connectivity index (χ1) is 15.7. The third kappa shape index (κ3) is 4.09. The maximum atomic E-state index is 6.34. The van der Waals surface area contributed by atoms with E-state index in [2.05, 4.69) is 27.3 Å². The van der Waals surface area contributed by atoms with Crippen molar-refractivity contribution in [1.29, 1.82) is 0 Å². The first-order valence-corrected chi connectivity index (χ1v) is 11.4. The van der Waals surface area contributed by atoms with Gasteiger partial charge in [-0.25, -0.2) is 0 Å². The van der Waals surface area contributed by atoms with Crippen LogP contribution in [0.15, 0.2) is 106 Å². The average molecular weight is 460 g/mol. The molecule has 2 aromatic carbocycles. The van der Waals surface area contributed by atoms with Crippen molar-refractivity contribution in [1.82, 2.24) is 10.3 Å². The SMILES string of the molecule is COc1cccc(N2C(=S)N[C@@H](c3ccccn3)[C@H]2c2ccc(Sc3ccccc3)o2)c1. The number of benzene rings is 2. The number of hydrogen-bond acceptors (Lipinski definition) is 5. The van der Waals surface area contributed by atoms with E-state index < -0.39 is 0 Å². The number of nitrogens with one attached hydrogen (secondary N) is 1. The standard InChI is InChI=1S/C25H21N3O2S2/c1-29-18-9-7-8-17(16-18)28-24(23(27-25(28)31)20-12-5-6-15-26-20)21-13-14-22(30-21)32-19-10-3-2-4-11-19/h2-16,23-24H,1H3,(H,27,31)/t23-,24+/m0/s1. The maximum absolute atomic E-state index is 6.34. The number of anilines is 1. The van der Waals surface area contributed by atoms with Crippen molar-refractivity contribution in [2.45, 2.75) is 22.1 Å². The van der Waals surface area contributed by atoms with Gasteiger partial charge in [0.05, 0.1) is 18.8 Å². The van der Waals surface area contributed by atoms with E-state index in [0.717, 1.165) is 32.9 Å². The van der Waals surface area contributed by atoms with Crippen molar-refractivity contribution in [2.75, 3.05) is 12.0 Å². The molecule has 1 N–H and O–H groups in total. The van der Waals surface area contributed by atoms with Crippen LogP contribution in [0.25, 0.3) is 0 Å². The van der Waals surface area contributed by atoms with Crippen LogP contribution in [-0.4, -0.2) is 17.2 Å². The van der Waals surface area contributed by atoms with Crippen LogP contribution in [0, 0.1) is 0 Å². The fourth-order valence-corrected chi connectivity index (χ4v) is 4.98. The number of thiocarbonyl (C=S) groups is 1. The van der Waals surface area contributed by atoms with E-state index in [1.807, 2.05) is 72.8 Å². The number of aromatic nitrogens is 1. The number of ether oxygens (including phenoxy) is 1. The van der Waals surface area contributed by atoms with E-state index in [9.17, 15) is 0 Å². The summed E-state index contributed by atoms with van der Waals surface area (Å²) in [6, 6.07) is 27.6. The van der Waals surface area contributed by atoms with Gasteiger partial charge < -0.3 is 19.4 Å². The summed E-state index contributed by atoms with van der Waals surface area (Å²) in [7, 11) is 1.66. The monoisotopic (exact) mass is 459 g/mol. The summed E-state index contributed by atoms with van der Waals surface area (Å²) in [5.41, 5.74) is 1.83. The van der Waals surface area contributed by atoms with Crippen molar-refractivity contribution in [3.8, 4) is 5.75 Å². The van der Waals surface area contributed by atoms with Crippen molar-refractivity contribution in [3.05, 3.63) is 103 Å². The molecule has 1 saturated heterocycles. The molecule has 1 aliphatic heterocycles. The Bertz CT molecular complexity index is 1210. The summed E-state index contributed by atoms with van der Waals surface area (Å²) >= 11 is 7.36. The van der Waals surface area contributed by atoms with E-state index in [1.165, 1.54) is 0 Å². The van der Waals surface area contributed by atoms with Gasteiger partial charge in [0.2, 0.25) is 0 Å². The number of rotatable bonds is 6. The van der Waals surface area contributed by atoms with E-state index in [4.69, 9.17) is 21.4 Å². The first kappa shape index (κ1) is 20.6. The van der Waals surface area contributed by atoms with Crippen LogP contribution in [-0.2, 0) is 0 Å². The molecule has 0 saturated carbocycles. The largest absolute Gasteiger partial charge is 0.497 e. The summed E-state index contributed by atoms with van der Waals surface area (Å²) in [6.07, 6.45) is 1.80. The van der Waals surface area contributed by atoms with Gasteiger partial charge in [0.1, 0.15) is 17.6 Å². The molecule has 32 heavy (non-hydrogen) atoms. The predicted molar refractivity (Wildman–Crippen MR) is 130 cm³/mol. The molecule has 4 aromatic rings. The highest BCUT2D eigenvalue weighted by Gasteiger charge is 2.42. The van der Waals surface area contributed by atoms with Crippen LogP contribution in [0.3, 0.4) is 0 Å². The molecule has 0 radical (unpaired) electrons. The molecule has 0 bridgehead atoms. The third-order valence-corrected chi connectivity index (χ3v) is 6.53. The molecule has 5 nitrogen and oxygen atoms in total. The van der Waals surface area contributed by atoms with Crippen LogP contribution in [0.2, 0.25) is 0 Å². The van der Waals surface area contributed by atoms with Gasteiger partial charge in [-0.2, -0.15) is 0 Å². The quantitative estimate of drug-likeness (QED) is 0.354. The Morgan fingerprint density at radius 1 is 1.00 bits per heavy atom. The molecule has 160 valence electrons. The van der Waals surface area contributed by atoms with Crippen molar-refractivity contribution in [2.24, 2.45) is 0 Å². The lowest BCUT2D eigenvalue weighted by atomic mass is 10.0. The third-order valence-electron chi connectivity index (χ3n) is 5.28. The van der Waals surface area contributed by atoms with Gasteiger partial charge in [-0.1, -0.05) is 42.1 Å². The average Bonchev–Trinajstić information content (AvgIpc) is 3.44. The van der Waals surface area contributed by atoms with Gasteiger partial charge in [-0.15, -0.1) is 0 Å². The smallest absolute Gasteiger partial charge is 0.174 e. The summed E-state index contributed by atoms with van der Waals surface area (Å²) in [6.45, 7) is 0. The second-order valence-electron chi connectivity index (χ2n) is 7.27. The molecule has 5 rings (SSSR count). The maximum Gasteiger partial charge on any atom is 0.174 e. The fraction of sp³-hybridized carbons (Fsp3) is 0.120. The Morgan fingerprint density at radius 2 is 1.84 bits per heavy atom. The van der Waals surface area contributed by atoms with Gasteiger partial charge in [-0.3, -0.25) is 4.98 Å². The lowest BCUT2D eigenvalue weighted by Crippen LogP contribution is -2.29. The molecule has 1 aliphatic rings. The minimum atomic E-state index is -0.199. The molecule has 2 aromatic heterocycles. The van der Waals surface area contributed by atoms with Crippen molar-refractivity contribution >= 4 is 34.8 Å². The van der Waals surface area contributed by atoms with E-state index >= 15 is 0 Å². The Labute approximate surface area is 196 Å². The second kappa shape index (κ2) is 9.06. The summed E-state index contributed by atoms with van der Waals surface area (Å²) < 4.78 is 11.8. The second-order valence-corrected chi connectivity index (χ2v) is 8.73. The van der Waals surface area contributed by atoms with Crippen LogP contribution >= 0.6 is 24.0 Å². The van der Waals surface area contributed by atoms with Crippen molar-refractivity contribution in [3.63, 3.8) is 0 Å². The van der Waals surface area contributed by atoms with E-state index in [1.54, 1.807) is 25.1 Å². The number of nitrogens with zero attached hydrogens (tertiary/aromatic N) is 2. The minimum absolute atomic E-state index is 0.157. The number of pyridine rings is 1. The zero-order chi connectivity index (χ0) is 21.9. The van der Waals surface area contributed by atoms with Crippen LogP contribution in [0.1, 0.15) is 23.5 Å². The molecule has 7 heteroatoms. The predicted octanol–water partition coefficient (Wildman–Crippen LogP) is 6.01. The van der Waals surface area contributed by atoms with Crippen LogP contribution < -0.4 is 15.0 Å².